The largest absolute Gasteiger partial charge is 0.353 e. The predicted molar refractivity (Wildman–Crippen MR) is 112 cm³/mol. The molecule has 4 rings (SSSR count). The molecule has 0 radical (unpaired) electrons. The highest BCUT2D eigenvalue weighted by Gasteiger charge is 2.28. The number of likely N-dealkylation sites (tertiary alicyclic amines) is 1. The van der Waals surface area contributed by atoms with Gasteiger partial charge in [-0.15, -0.1) is 0 Å². The van der Waals surface area contributed by atoms with Crippen molar-refractivity contribution in [2.75, 3.05) is 44.2 Å². The summed E-state index contributed by atoms with van der Waals surface area (Å²) in [7, 11) is 0. The van der Waals surface area contributed by atoms with Crippen molar-refractivity contribution in [2.24, 2.45) is 0 Å². The van der Waals surface area contributed by atoms with E-state index in [0.717, 1.165) is 38.3 Å². The van der Waals surface area contributed by atoms with Crippen molar-refractivity contribution < 1.29 is 9.59 Å². The lowest BCUT2D eigenvalue weighted by Gasteiger charge is -2.38. The molecule has 152 valence electrons. The van der Waals surface area contributed by atoms with Crippen molar-refractivity contribution in [2.45, 2.75) is 18.9 Å². The molecule has 2 saturated heterocycles. The SMILES string of the molecule is O=C(N[C@H]1CCCN(C(=O)c2ccccc2)C1)N1CCN(c2ccccn2)CC1. The third kappa shape index (κ3) is 4.67. The van der Waals surface area contributed by atoms with E-state index in [0.29, 0.717) is 25.2 Å². The molecule has 0 aliphatic carbocycles. The molecule has 0 unspecified atom stereocenters. The number of carbonyl (C=O) groups excluding carboxylic acids is 2. The molecule has 1 aromatic heterocycles. The number of piperidine rings is 1. The van der Waals surface area contributed by atoms with Crippen LogP contribution in [0.25, 0.3) is 0 Å². The highest BCUT2D eigenvalue weighted by molar-refractivity contribution is 5.94. The van der Waals surface area contributed by atoms with Gasteiger partial charge in [0, 0.05) is 57.1 Å². The van der Waals surface area contributed by atoms with E-state index in [1.54, 1.807) is 6.20 Å². The average molecular weight is 393 g/mol. The quantitative estimate of drug-likeness (QED) is 0.868. The van der Waals surface area contributed by atoms with Crippen LogP contribution in [0.3, 0.4) is 0 Å². The molecular weight excluding hydrogens is 366 g/mol. The van der Waals surface area contributed by atoms with Gasteiger partial charge >= 0.3 is 6.03 Å². The lowest BCUT2D eigenvalue weighted by atomic mass is 10.0. The fourth-order valence-electron chi connectivity index (χ4n) is 3.99. The summed E-state index contributed by atoms with van der Waals surface area (Å²) in [6.07, 6.45) is 3.59. The van der Waals surface area contributed by atoms with Crippen molar-refractivity contribution in [3.8, 4) is 0 Å². The molecule has 2 aromatic rings. The van der Waals surface area contributed by atoms with Gasteiger partial charge in [-0.25, -0.2) is 9.78 Å². The lowest BCUT2D eigenvalue weighted by Crippen LogP contribution is -2.56. The lowest BCUT2D eigenvalue weighted by molar-refractivity contribution is 0.0694. The Morgan fingerprint density at radius 1 is 0.897 bits per heavy atom. The van der Waals surface area contributed by atoms with Crippen molar-refractivity contribution in [3.05, 3.63) is 60.3 Å². The number of nitrogens with one attached hydrogen (secondary N) is 1. The molecule has 29 heavy (non-hydrogen) atoms. The van der Waals surface area contributed by atoms with Crippen LogP contribution >= 0.6 is 0 Å². The molecule has 2 aliphatic heterocycles. The minimum atomic E-state index is -0.0373. The Bertz CT molecular complexity index is 822. The maximum Gasteiger partial charge on any atom is 0.317 e. The van der Waals surface area contributed by atoms with Gasteiger partial charge in [0.1, 0.15) is 5.82 Å². The maximum atomic E-state index is 12.7. The molecule has 2 fully saturated rings. The molecule has 3 heterocycles. The van der Waals surface area contributed by atoms with Crippen LogP contribution in [0.2, 0.25) is 0 Å². The molecule has 7 nitrogen and oxygen atoms in total. The number of amides is 3. The summed E-state index contributed by atoms with van der Waals surface area (Å²) in [4.78, 5) is 35.7. The standard InChI is InChI=1S/C22H27N5O2/c28-21(18-7-2-1-3-8-18)27-12-6-9-19(17-27)24-22(29)26-15-13-25(14-16-26)20-10-4-5-11-23-20/h1-5,7-8,10-11,19H,6,9,12-17H2,(H,24,29)/t19-/m0/s1. The van der Waals surface area contributed by atoms with Gasteiger partial charge in [-0.1, -0.05) is 24.3 Å². The van der Waals surface area contributed by atoms with Crippen LogP contribution in [-0.4, -0.2) is 72.0 Å². The van der Waals surface area contributed by atoms with Crippen LogP contribution in [0, 0.1) is 0 Å². The van der Waals surface area contributed by atoms with E-state index in [1.807, 2.05) is 58.3 Å². The summed E-state index contributed by atoms with van der Waals surface area (Å²) < 4.78 is 0. The van der Waals surface area contributed by atoms with Gasteiger partial charge in [-0.05, 0) is 37.1 Å². The van der Waals surface area contributed by atoms with Gasteiger partial charge < -0.3 is 20.0 Å². The van der Waals surface area contributed by atoms with E-state index in [2.05, 4.69) is 15.2 Å². The first-order valence-corrected chi connectivity index (χ1v) is 10.3. The second-order valence-electron chi connectivity index (χ2n) is 7.57. The van der Waals surface area contributed by atoms with Crippen molar-refractivity contribution in [1.82, 2.24) is 20.1 Å². The number of urea groups is 1. The average Bonchev–Trinajstić information content (AvgIpc) is 2.80. The van der Waals surface area contributed by atoms with Crippen molar-refractivity contribution in [1.29, 1.82) is 0 Å². The normalized spacial score (nSPS) is 19.7. The summed E-state index contributed by atoms with van der Waals surface area (Å²) in [6, 6.07) is 15.2. The first-order valence-electron chi connectivity index (χ1n) is 10.3. The zero-order chi connectivity index (χ0) is 20.1. The van der Waals surface area contributed by atoms with E-state index >= 15 is 0 Å². The summed E-state index contributed by atoms with van der Waals surface area (Å²) in [5.41, 5.74) is 0.699. The zero-order valence-corrected chi connectivity index (χ0v) is 16.5. The second-order valence-corrected chi connectivity index (χ2v) is 7.57. The molecule has 1 N–H and O–H groups in total. The Balaban J connectivity index is 1.28. The molecule has 7 heteroatoms. The number of aromatic nitrogens is 1. The third-order valence-corrected chi connectivity index (χ3v) is 5.60. The molecule has 0 saturated carbocycles. The maximum absolute atomic E-state index is 12.7. The fourth-order valence-corrected chi connectivity index (χ4v) is 3.99. The van der Waals surface area contributed by atoms with Gasteiger partial charge in [0.15, 0.2) is 0 Å². The summed E-state index contributed by atoms with van der Waals surface area (Å²) in [5.74, 6) is 0.989. The second kappa shape index (κ2) is 8.94. The van der Waals surface area contributed by atoms with Gasteiger partial charge in [0.25, 0.3) is 5.91 Å². The molecule has 1 atom stereocenters. The van der Waals surface area contributed by atoms with Crippen LogP contribution in [-0.2, 0) is 0 Å². The molecule has 3 amide bonds. The number of benzene rings is 1. The van der Waals surface area contributed by atoms with Crippen LogP contribution in [0.1, 0.15) is 23.2 Å². The van der Waals surface area contributed by atoms with E-state index < -0.39 is 0 Å². The number of anilines is 1. The highest BCUT2D eigenvalue weighted by atomic mass is 16.2. The van der Waals surface area contributed by atoms with E-state index in [1.165, 1.54) is 0 Å². The smallest absolute Gasteiger partial charge is 0.317 e. The molecule has 1 aromatic carbocycles. The predicted octanol–water partition coefficient (Wildman–Crippen LogP) is 2.22. The topological polar surface area (TPSA) is 68.8 Å². The van der Waals surface area contributed by atoms with Gasteiger partial charge in [-0.2, -0.15) is 0 Å². The summed E-state index contributed by atoms with van der Waals surface area (Å²) in [5, 5.41) is 3.14. The molecule has 0 spiro atoms. The zero-order valence-electron chi connectivity index (χ0n) is 16.5. The molecular formula is C22H27N5O2. The van der Waals surface area contributed by atoms with Crippen LogP contribution < -0.4 is 10.2 Å². The number of pyridine rings is 1. The van der Waals surface area contributed by atoms with Crippen LogP contribution in [0.15, 0.2) is 54.7 Å². The number of nitrogens with zero attached hydrogens (tertiary/aromatic N) is 4. The Morgan fingerprint density at radius 3 is 2.38 bits per heavy atom. The van der Waals surface area contributed by atoms with Gasteiger partial charge in [0.05, 0.1) is 0 Å². The van der Waals surface area contributed by atoms with Crippen LogP contribution in [0.4, 0.5) is 10.6 Å². The highest BCUT2D eigenvalue weighted by Crippen LogP contribution is 2.16. The minimum absolute atomic E-state index is 0.00210. The number of piperazine rings is 1. The Kier molecular flexibility index (Phi) is 5.93. The fraction of sp³-hybridized carbons (Fsp3) is 0.409. The third-order valence-electron chi connectivity index (χ3n) is 5.60. The van der Waals surface area contributed by atoms with Gasteiger partial charge in [-0.3, -0.25) is 4.79 Å². The van der Waals surface area contributed by atoms with E-state index in [4.69, 9.17) is 0 Å². The first kappa shape index (κ1) is 19.2. The first-order chi connectivity index (χ1) is 14.2. The minimum Gasteiger partial charge on any atom is -0.353 e. The number of rotatable bonds is 3. The monoisotopic (exact) mass is 393 g/mol. The molecule has 0 bridgehead atoms. The Hall–Kier alpha value is -3.09. The summed E-state index contributed by atoms with van der Waals surface area (Å²) >= 11 is 0. The van der Waals surface area contributed by atoms with Crippen molar-refractivity contribution >= 4 is 17.8 Å². The number of hydrogen-bond donors (Lipinski definition) is 1. The Morgan fingerprint density at radius 2 is 1.66 bits per heavy atom. The van der Waals surface area contributed by atoms with Crippen LogP contribution in [0.5, 0.6) is 0 Å². The van der Waals surface area contributed by atoms with E-state index in [-0.39, 0.29) is 18.0 Å². The Labute approximate surface area is 171 Å². The van der Waals surface area contributed by atoms with Crippen molar-refractivity contribution in [3.63, 3.8) is 0 Å². The number of carbonyl (C=O) groups is 2. The van der Waals surface area contributed by atoms with E-state index in [9.17, 15) is 9.59 Å². The van der Waals surface area contributed by atoms with Gasteiger partial charge in [0.2, 0.25) is 0 Å². The molecule has 2 aliphatic rings. The summed E-state index contributed by atoms with van der Waals surface area (Å²) in [6.45, 7) is 4.18. The number of hydrogen-bond acceptors (Lipinski definition) is 4.